The maximum atomic E-state index is 9.14. The highest BCUT2D eigenvalue weighted by Crippen LogP contribution is 2.12. The standard InChI is InChI=1S/C12H15NO.BrH/c14-12-6-4-11(5-7-12)10-13-8-2-1-3-9-13;/h1-2,4-7,14H,3,8-10H2;1H. The average molecular weight is 270 g/mol. The van der Waals surface area contributed by atoms with E-state index in [1.165, 1.54) is 5.56 Å². The van der Waals surface area contributed by atoms with Crippen LogP contribution in [-0.4, -0.2) is 23.1 Å². The van der Waals surface area contributed by atoms with Gasteiger partial charge in [-0.2, -0.15) is 0 Å². The first kappa shape index (κ1) is 12.3. The van der Waals surface area contributed by atoms with E-state index in [2.05, 4.69) is 17.1 Å². The molecule has 0 spiro atoms. The molecule has 0 fully saturated rings. The number of phenols is 1. The molecule has 1 N–H and O–H groups in total. The van der Waals surface area contributed by atoms with Gasteiger partial charge in [0.2, 0.25) is 0 Å². The van der Waals surface area contributed by atoms with Crippen molar-refractivity contribution in [3.63, 3.8) is 0 Å². The average Bonchev–Trinajstić information content (AvgIpc) is 2.23. The number of benzene rings is 1. The molecular weight excluding hydrogens is 254 g/mol. The summed E-state index contributed by atoms with van der Waals surface area (Å²) in [6.07, 6.45) is 5.59. The van der Waals surface area contributed by atoms with Gasteiger partial charge in [0.15, 0.2) is 0 Å². The minimum atomic E-state index is 0. The normalized spacial score (nSPS) is 16.0. The van der Waals surface area contributed by atoms with E-state index in [4.69, 9.17) is 5.11 Å². The molecule has 82 valence electrons. The molecule has 0 radical (unpaired) electrons. The Morgan fingerprint density at radius 3 is 2.47 bits per heavy atom. The van der Waals surface area contributed by atoms with Crippen molar-refractivity contribution in [1.82, 2.24) is 4.90 Å². The molecule has 2 rings (SSSR count). The smallest absolute Gasteiger partial charge is 0.115 e. The maximum absolute atomic E-state index is 9.14. The molecule has 15 heavy (non-hydrogen) atoms. The molecule has 0 atom stereocenters. The minimum Gasteiger partial charge on any atom is -0.508 e. The molecule has 0 amide bonds. The quantitative estimate of drug-likeness (QED) is 0.835. The summed E-state index contributed by atoms with van der Waals surface area (Å²) in [5.41, 5.74) is 1.26. The third-order valence-electron chi connectivity index (χ3n) is 2.48. The van der Waals surface area contributed by atoms with Crippen LogP contribution in [0.15, 0.2) is 36.4 Å². The number of hydrogen-bond donors (Lipinski definition) is 1. The van der Waals surface area contributed by atoms with Crippen LogP contribution in [0.5, 0.6) is 5.75 Å². The van der Waals surface area contributed by atoms with Gasteiger partial charge in [0.25, 0.3) is 0 Å². The van der Waals surface area contributed by atoms with Crippen molar-refractivity contribution in [3.8, 4) is 5.75 Å². The highest BCUT2D eigenvalue weighted by molar-refractivity contribution is 8.93. The fourth-order valence-electron chi connectivity index (χ4n) is 1.69. The predicted octanol–water partition coefficient (Wildman–Crippen LogP) is 2.73. The van der Waals surface area contributed by atoms with Crippen molar-refractivity contribution in [3.05, 3.63) is 42.0 Å². The van der Waals surface area contributed by atoms with Crippen LogP contribution >= 0.6 is 17.0 Å². The predicted molar refractivity (Wildman–Crippen MR) is 67.5 cm³/mol. The summed E-state index contributed by atoms with van der Waals surface area (Å²) in [5, 5.41) is 9.14. The monoisotopic (exact) mass is 269 g/mol. The van der Waals surface area contributed by atoms with Crippen molar-refractivity contribution >= 4 is 17.0 Å². The van der Waals surface area contributed by atoms with E-state index in [1.807, 2.05) is 12.1 Å². The molecule has 0 bridgehead atoms. The van der Waals surface area contributed by atoms with Gasteiger partial charge in [-0.05, 0) is 24.1 Å². The van der Waals surface area contributed by atoms with Gasteiger partial charge in [-0.25, -0.2) is 0 Å². The Labute approximate surface area is 101 Å². The van der Waals surface area contributed by atoms with E-state index < -0.39 is 0 Å². The first-order valence-electron chi connectivity index (χ1n) is 5.00. The lowest BCUT2D eigenvalue weighted by molar-refractivity contribution is 0.290. The zero-order valence-electron chi connectivity index (χ0n) is 8.60. The molecule has 1 aromatic rings. The van der Waals surface area contributed by atoms with Gasteiger partial charge in [-0.15, -0.1) is 17.0 Å². The van der Waals surface area contributed by atoms with Gasteiger partial charge in [0, 0.05) is 19.6 Å². The molecule has 0 unspecified atom stereocenters. The SMILES string of the molecule is Br.Oc1ccc(CN2CC=CCC2)cc1. The van der Waals surface area contributed by atoms with Crippen LogP contribution in [0.1, 0.15) is 12.0 Å². The summed E-state index contributed by atoms with van der Waals surface area (Å²) in [6.45, 7) is 3.16. The lowest BCUT2D eigenvalue weighted by atomic mass is 10.2. The summed E-state index contributed by atoms with van der Waals surface area (Å²) in [4.78, 5) is 2.40. The molecule has 3 heteroatoms. The molecule has 0 saturated carbocycles. The largest absolute Gasteiger partial charge is 0.508 e. The summed E-state index contributed by atoms with van der Waals surface area (Å²) >= 11 is 0. The van der Waals surface area contributed by atoms with Gasteiger partial charge < -0.3 is 5.11 Å². The molecule has 1 heterocycles. The zero-order chi connectivity index (χ0) is 9.80. The number of rotatable bonds is 2. The van der Waals surface area contributed by atoms with Crippen LogP contribution in [0.3, 0.4) is 0 Å². The molecule has 2 nitrogen and oxygen atoms in total. The van der Waals surface area contributed by atoms with Gasteiger partial charge in [0.05, 0.1) is 0 Å². The number of aromatic hydroxyl groups is 1. The number of nitrogens with zero attached hydrogens (tertiary/aromatic N) is 1. The van der Waals surface area contributed by atoms with Crippen molar-refractivity contribution in [2.24, 2.45) is 0 Å². The second kappa shape index (κ2) is 5.93. The zero-order valence-corrected chi connectivity index (χ0v) is 10.3. The van der Waals surface area contributed by atoms with Crippen LogP contribution in [-0.2, 0) is 6.54 Å². The Morgan fingerprint density at radius 2 is 1.87 bits per heavy atom. The number of halogens is 1. The second-order valence-corrected chi connectivity index (χ2v) is 3.66. The Hall–Kier alpha value is -0.800. The van der Waals surface area contributed by atoms with E-state index in [1.54, 1.807) is 12.1 Å². The number of hydrogen-bond acceptors (Lipinski definition) is 2. The molecule has 0 aromatic heterocycles. The van der Waals surface area contributed by atoms with Crippen molar-refractivity contribution in [2.75, 3.05) is 13.1 Å². The third kappa shape index (κ3) is 3.68. The lowest BCUT2D eigenvalue weighted by Crippen LogP contribution is -2.26. The summed E-state index contributed by atoms with van der Waals surface area (Å²) in [5.74, 6) is 0.340. The van der Waals surface area contributed by atoms with E-state index in [-0.39, 0.29) is 17.0 Å². The molecule has 1 aliphatic heterocycles. The van der Waals surface area contributed by atoms with Crippen molar-refractivity contribution < 1.29 is 5.11 Å². The molecule has 0 aliphatic carbocycles. The second-order valence-electron chi connectivity index (χ2n) is 3.66. The summed E-state index contributed by atoms with van der Waals surface area (Å²) in [7, 11) is 0. The van der Waals surface area contributed by atoms with Crippen molar-refractivity contribution in [1.29, 1.82) is 0 Å². The molecule has 1 aliphatic rings. The van der Waals surface area contributed by atoms with Crippen LogP contribution in [0.25, 0.3) is 0 Å². The summed E-state index contributed by atoms with van der Waals surface area (Å²) in [6, 6.07) is 7.45. The Kier molecular flexibility index (Phi) is 4.85. The van der Waals surface area contributed by atoms with Crippen LogP contribution < -0.4 is 0 Å². The molecule has 0 saturated heterocycles. The minimum absolute atomic E-state index is 0. The fraction of sp³-hybridized carbons (Fsp3) is 0.333. The van der Waals surface area contributed by atoms with Gasteiger partial charge in [-0.3, -0.25) is 4.90 Å². The lowest BCUT2D eigenvalue weighted by Gasteiger charge is -2.22. The van der Waals surface area contributed by atoms with Crippen molar-refractivity contribution in [2.45, 2.75) is 13.0 Å². The Bertz CT molecular complexity index is 321. The van der Waals surface area contributed by atoms with Crippen LogP contribution in [0, 0.1) is 0 Å². The Balaban J connectivity index is 0.00000112. The van der Waals surface area contributed by atoms with E-state index in [0.29, 0.717) is 5.75 Å². The first-order chi connectivity index (χ1) is 6.84. The van der Waals surface area contributed by atoms with Crippen LogP contribution in [0.2, 0.25) is 0 Å². The highest BCUT2D eigenvalue weighted by Gasteiger charge is 2.06. The van der Waals surface area contributed by atoms with Gasteiger partial charge >= 0.3 is 0 Å². The van der Waals surface area contributed by atoms with Crippen LogP contribution in [0.4, 0.5) is 0 Å². The van der Waals surface area contributed by atoms with Gasteiger partial charge in [-0.1, -0.05) is 24.3 Å². The topological polar surface area (TPSA) is 23.5 Å². The maximum Gasteiger partial charge on any atom is 0.115 e. The first-order valence-corrected chi connectivity index (χ1v) is 5.00. The van der Waals surface area contributed by atoms with E-state index >= 15 is 0 Å². The summed E-state index contributed by atoms with van der Waals surface area (Å²) < 4.78 is 0. The molecule has 1 aromatic carbocycles. The highest BCUT2D eigenvalue weighted by atomic mass is 79.9. The third-order valence-corrected chi connectivity index (χ3v) is 2.48. The Morgan fingerprint density at radius 1 is 1.13 bits per heavy atom. The molecular formula is C12H16BrNO. The fourth-order valence-corrected chi connectivity index (χ4v) is 1.69. The van der Waals surface area contributed by atoms with Gasteiger partial charge in [0.1, 0.15) is 5.75 Å². The number of phenolic OH excluding ortho intramolecular Hbond substituents is 1. The van der Waals surface area contributed by atoms with E-state index in [9.17, 15) is 0 Å². The van der Waals surface area contributed by atoms with E-state index in [0.717, 1.165) is 26.1 Å².